The molecule has 0 N–H and O–H groups in total. The van der Waals surface area contributed by atoms with E-state index in [-0.39, 0.29) is 0 Å². The van der Waals surface area contributed by atoms with Crippen LogP contribution in [0, 0.1) is 0 Å². The van der Waals surface area contributed by atoms with E-state index < -0.39 is 0 Å². The first-order chi connectivity index (χ1) is 9.35. The molecular formula is C18H23N. The summed E-state index contributed by atoms with van der Waals surface area (Å²) in [5, 5.41) is 0. The molecule has 2 rings (SSSR count). The van der Waals surface area contributed by atoms with Crippen molar-refractivity contribution in [3.05, 3.63) is 60.2 Å². The number of hydrogen-bond acceptors (Lipinski definition) is 1. The molecule has 0 unspecified atom stereocenters. The van der Waals surface area contributed by atoms with Crippen molar-refractivity contribution >= 4 is 11.4 Å². The highest BCUT2D eigenvalue weighted by Crippen LogP contribution is 2.25. The van der Waals surface area contributed by atoms with Gasteiger partial charge in [0.1, 0.15) is 0 Å². The second-order valence-corrected chi connectivity index (χ2v) is 4.85. The molecule has 0 fully saturated rings. The molecule has 0 saturated carbocycles. The van der Waals surface area contributed by atoms with Crippen molar-refractivity contribution < 1.29 is 0 Å². The zero-order valence-electron chi connectivity index (χ0n) is 12.0. The molecule has 0 bridgehead atoms. The van der Waals surface area contributed by atoms with E-state index in [0.29, 0.717) is 0 Å². The second-order valence-electron chi connectivity index (χ2n) is 4.85. The van der Waals surface area contributed by atoms with Gasteiger partial charge in [-0.25, -0.2) is 0 Å². The van der Waals surface area contributed by atoms with Crippen molar-refractivity contribution in [3.8, 4) is 0 Å². The summed E-state index contributed by atoms with van der Waals surface area (Å²) < 4.78 is 0. The van der Waals surface area contributed by atoms with Crippen molar-refractivity contribution in [1.82, 2.24) is 0 Å². The van der Waals surface area contributed by atoms with Gasteiger partial charge in [-0.3, -0.25) is 0 Å². The van der Waals surface area contributed by atoms with Gasteiger partial charge in [-0.2, -0.15) is 0 Å². The third-order valence-electron chi connectivity index (χ3n) is 3.45. The van der Waals surface area contributed by atoms with E-state index >= 15 is 0 Å². The van der Waals surface area contributed by atoms with Gasteiger partial charge in [0.2, 0.25) is 0 Å². The maximum absolute atomic E-state index is 2.34. The molecule has 0 aromatic heterocycles. The molecule has 0 atom stereocenters. The smallest absolute Gasteiger partial charge is 0.0410 e. The monoisotopic (exact) mass is 253 g/mol. The highest BCUT2D eigenvalue weighted by molar-refractivity contribution is 5.63. The Hall–Kier alpha value is -1.76. The summed E-state index contributed by atoms with van der Waals surface area (Å²) in [4.78, 5) is 2.34. The maximum Gasteiger partial charge on any atom is 0.0410 e. The van der Waals surface area contributed by atoms with Crippen molar-refractivity contribution in [2.45, 2.75) is 33.1 Å². The molecule has 1 nitrogen and oxygen atoms in total. The zero-order chi connectivity index (χ0) is 13.5. The quantitative estimate of drug-likeness (QED) is 0.685. The SMILES string of the molecule is CCCCc1ccc(N(CC)c2ccccc2)cc1. The van der Waals surface area contributed by atoms with Gasteiger partial charge in [0.25, 0.3) is 0 Å². The van der Waals surface area contributed by atoms with Crippen LogP contribution in [-0.4, -0.2) is 6.54 Å². The van der Waals surface area contributed by atoms with E-state index in [2.05, 4.69) is 73.3 Å². The minimum atomic E-state index is 0.984. The van der Waals surface area contributed by atoms with Crippen LogP contribution in [0.2, 0.25) is 0 Å². The lowest BCUT2D eigenvalue weighted by Crippen LogP contribution is -2.15. The predicted octanol–water partition coefficient (Wildman–Crippen LogP) is 5.19. The molecule has 0 saturated heterocycles. The Balaban J connectivity index is 2.15. The van der Waals surface area contributed by atoms with E-state index in [1.165, 1.54) is 36.2 Å². The number of hydrogen-bond donors (Lipinski definition) is 0. The van der Waals surface area contributed by atoms with Crippen molar-refractivity contribution in [1.29, 1.82) is 0 Å². The topological polar surface area (TPSA) is 3.24 Å². The van der Waals surface area contributed by atoms with Crippen molar-refractivity contribution in [3.63, 3.8) is 0 Å². The fraction of sp³-hybridized carbons (Fsp3) is 0.333. The number of rotatable bonds is 6. The standard InChI is InChI=1S/C18H23N/c1-3-5-9-16-12-14-18(15-13-16)19(4-2)17-10-7-6-8-11-17/h6-8,10-15H,3-5,9H2,1-2H3. The van der Waals surface area contributed by atoms with Crippen LogP contribution >= 0.6 is 0 Å². The van der Waals surface area contributed by atoms with E-state index in [1.807, 2.05) is 0 Å². The number of unbranched alkanes of at least 4 members (excludes halogenated alkanes) is 1. The summed E-state index contributed by atoms with van der Waals surface area (Å²) in [6.07, 6.45) is 3.72. The van der Waals surface area contributed by atoms with Gasteiger partial charge in [0.05, 0.1) is 0 Å². The predicted molar refractivity (Wildman–Crippen MR) is 84.2 cm³/mol. The van der Waals surface area contributed by atoms with Crippen LogP contribution in [0.25, 0.3) is 0 Å². The van der Waals surface area contributed by atoms with Gasteiger partial charge >= 0.3 is 0 Å². The van der Waals surface area contributed by atoms with E-state index in [0.717, 1.165) is 6.54 Å². The molecule has 0 aliphatic carbocycles. The molecule has 0 aliphatic rings. The van der Waals surface area contributed by atoms with Crippen LogP contribution in [0.3, 0.4) is 0 Å². The number of para-hydroxylation sites is 1. The van der Waals surface area contributed by atoms with Crippen LogP contribution in [0.4, 0.5) is 11.4 Å². The summed E-state index contributed by atoms with van der Waals surface area (Å²) in [6, 6.07) is 19.6. The van der Waals surface area contributed by atoms with Crippen LogP contribution in [0.15, 0.2) is 54.6 Å². The highest BCUT2D eigenvalue weighted by Gasteiger charge is 2.06. The average Bonchev–Trinajstić information content (AvgIpc) is 2.48. The van der Waals surface area contributed by atoms with Gasteiger partial charge in [0.15, 0.2) is 0 Å². The summed E-state index contributed by atoms with van der Waals surface area (Å²) >= 11 is 0. The Bertz CT molecular complexity index is 473. The minimum absolute atomic E-state index is 0.984. The van der Waals surface area contributed by atoms with E-state index in [9.17, 15) is 0 Å². The van der Waals surface area contributed by atoms with Crippen LogP contribution < -0.4 is 4.90 Å². The first-order valence-corrected chi connectivity index (χ1v) is 7.26. The third-order valence-corrected chi connectivity index (χ3v) is 3.45. The Labute approximate surface area is 116 Å². The van der Waals surface area contributed by atoms with Gasteiger partial charge in [-0.15, -0.1) is 0 Å². The lowest BCUT2D eigenvalue weighted by Gasteiger charge is -2.23. The second kappa shape index (κ2) is 6.98. The maximum atomic E-state index is 2.34. The largest absolute Gasteiger partial charge is 0.342 e. The van der Waals surface area contributed by atoms with Gasteiger partial charge < -0.3 is 4.90 Å². The van der Waals surface area contributed by atoms with Crippen molar-refractivity contribution in [2.75, 3.05) is 11.4 Å². The molecule has 2 aromatic carbocycles. The van der Waals surface area contributed by atoms with Crippen LogP contribution in [-0.2, 0) is 6.42 Å². The fourth-order valence-corrected chi connectivity index (χ4v) is 2.35. The number of anilines is 2. The Morgan fingerprint density at radius 1 is 0.789 bits per heavy atom. The van der Waals surface area contributed by atoms with Crippen molar-refractivity contribution in [2.24, 2.45) is 0 Å². The van der Waals surface area contributed by atoms with Crippen LogP contribution in [0.1, 0.15) is 32.3 Å². The summed E-state index contributed by atoms with van der Waals surface area (Å²) in [5.41, 5.74) is 3.97. The molecule has 0 radical (unpaired) electrons. The Morgan fingerprint density at radius 3 is 2.00 bits per heavy atom. The van der Waals surface area contributed by atoms with Crippen LogP contribution in [0.5, 0.6) is 0 Å². The molecule has 0 aliphatic heterocycles. The third kappa shape index (κ3) is 3.60. The molecule has 2 aromatic rings. The molecular weight excluding hydrogens is 230 g/mol. The minimum Gasteiger partial charge on any atom is -0.342 e. The number of benzene rings is 2. The highest BCUT2D eigenvalue weighted by atomic mass is 15.1. The van der Waals surface area contributed by atoms with Gasteiger partial charge in [0, 0.05) is 17.9 Å². The molecule has 0 spiro atoms. The fourth-order valence-electron chi connectivity index (χ4n) is 2.35. The summed E-state index contributed by atoms with van der Waals surface area (Å²) in [7, 11) is 0. The van der Waals surface area contributed by atoms with E-state index in [4.69, 9.17) is 0 Å². The number of nitrogens with zero attached hydrogens (tertiary/aromatic N) is 1. The Kier molecular flexibility index (Phi) is 5.02. The van der Waals surface area contributed by atoms with E-state index in [1.54, 1.807) is 0 Å². The number of aryl methyl sites for hydroxylation is 1. The normalized spacial score (nSPS) is 10.4. The Morgan fingerprint density at radius 2 is 1.42 bits per heavy atom. The molecule has 0 amide bonds. The molecule has 0 heterocycles. The first kappa shape index (κ1) is 13.7. The lowest BCUT2D eigenvalue weighted by molar-refractivity contribution is 0.795. The summed E-state index contributed by atoms with van der Waals surface area (Å²) in [5.74, 6) is 0. The molecule has 19 heavy (non-hydrogen) atoms. The summed E-state index contributed by atoms with van der Waals surface area (Å²) in [6.45, 7) is 5.42. The molecule has 100 valence electrons. The van der Waals surface area contributed by atoms with Gasteiger partial charge in [-0.05, 0) is 49.6 Å². The average molecular weight is 253 g/mol. The molecule has 1 heteroatoms. The van der Waals surface area contributed by atoms with Gasteiger partial charge in [-0.1, -0.05) is 43.7 Å². The lowest BCUT2D eigenvalue weighted by atomic mass is 10.1. The zero-order valence-corrected chi connectivity index (χ0v) is 12.0. The first-order valence-electron chi connectivity index (χ1n) is 7.26.